The molecular weight excluding hydrogens is 268 g/mol. The first-order valence-corrected chi connectivity index (χ1v) is 6.97. The number of fused-ring (bicyclic) bond motifs is 1. The van der Waals surface area contributed by atoms with Gasteiger partial charge < -0.3 is 20.5 Å². The number of aryl methyl sites for hydroxylation is 1. The number of nitrogens with two attached hydrogens (primary N) is 1. The fourth-order valence-electron chi connectivity index (χ4n) is 2.75. The summed E-state index contributed by atoms with van der Waals surface area (Å²) < 4.78 is 1.78. The first-order valence-electron chi connectivity index (χ1n) is 6.97. The van der Waals surface area contributed by atoms with E-state index in [0.29, 0.717) is 24.2 Å². The molecule has 1 aromatic heterocycles. The number of carbonyl (C=O) groups is 1. The van der Waals surface area contributed by atoms with E-state index in [1.165, 1.54) is 0 Å². The lowest BCUT2D eigenvalue weighted by Gasteiger charge is -2.27. The van der Waals surface area contributed by atoms with Gasteiger partial charge in [-0.2, -0.15) is 0 Å². The Hall–Kier alpha value is -2.34. The predicted molar refractivity (Wildman–Crippen MR) is 82.4 cm³/mol. The van der Waals surface area contributed by atoms with Gasteiger partial charge in [-0.1, -0.05) is 6.07 Å². The average molecular weight is 286 g/mol. The summed E-state index contributed by atoms with van der Waals surface area (Å²) in [5.41, 5.74) is 6.96. The van der Waals surface area contributed by atoms with Crippen LogP contribution in [0.25, 0.3) is 10.9 Å². The van der Waals surface area contributed by atoms with Crippen molar-refractivity contribution in [2.45, 2.75) is 0 Å². The SMILES string of the molecule is Cn1cc(C(=O)N2CCNCC2)c(=O)c2c(N)cccc21. The Bertz CT molecular complexity index is 760. The average Bonchev–Trinajstić information content (AvgIpc) is 2.51. The number of pyridine rings is 1. The molecule has 2 heterocycles. The number of hydrogen-bond acceptors (Lipinski definition) is 4. The lowest BCUT2D eigenvalue weighted by atomic mass is 10.1. The monoisotopic (exact) mass is 286 g/mol. The molecule has 21 heavy (non-hydrogen) atoms. The second-order valence-corrected chi connectivity index (χ2v) is 5.27. The zero-order chi connectivity index (χ0) is 15.0. The summed E-state index contributed by atoms with van der Waals surface area (Å²) in [4.78, 5) is 26.9. The van der Waals surface area contributed by atoms with Crippen LogP contribution in [0.3, 0.4) is 0 Å². The van der Waals surface area contributed by atoms with E-state index in [9.17, 15) is 9.59 Å². The van der Waals surface area contributed by atoms with E-state index >= 15 is 0 Å². The molecule has 0 aliphatic carbocycles. The Labute approximate surface area is 122 Å². The molecular formula is C15H18N4O2. The third-order valence-electron chi connectivity index (χ3n) is 3.88. The summed E-state index contributed by atoms with van der Waals surface area (Å²) >= 11 is 0. The van der Waals surface area contributed by atoms with Crippen LogP contribution in [0.2, 0.25) is 0 Å². The highest BCUT2D eigenvalue weighted by molar-refractivity contribution is 6.00. The number of nitrogens with one attached hydrogen (secondary N) is 1. The Kier molecular flexibility index (Phi) is 3.39. The molecule has 1 aromatic carbocycles. The van der Waals surface area contributed by atoms with Gasteiger partial charge in [-0.15, -0.1) is 0 Å². The van der Waals surface area contributed by atoms with Crippen LogP contribution in [-0.4, -0.2) is 41.6 Å². The molecule has 0 saturated carbocycles. The zero-order valence-electron chi connectivity index (χ0n) is 11.9. The Balaban J connectivity index is 2.15. The third kappa shape index (κ3) is 2.27. The number of amides is 1. The van der Waals surface area contributed by atoms with Crippen LogP contribution in [-0.2, 0) is 7.05 Å². The molecule has 0 bridgehead atoms. The van der Waals surface area contributed by atoms with Gasteiger partial charge >= 0.3 is 0 Å². The molecule has 1 saturated heterocycles. The highest BCUT2D eigenvalue weighted by Gasteiger charge is 2.22. The van der Waals surface area contributed by atoms with Crippen molar-refractivity contribution in [3.8, 4) is 0 Å². The quantitative estimate of drug-likeness (QED) is 0.732. The number of piperazine rings is 1. The van der Waals surface area contributed by atoms with Gasteiger partial charge in [0.1, 0.15) is 5.56 Å². The molecule has 6 nitrogen and oxygen atoms in total. The van der Waals surface area contributed by atoms with Crippen LogP contribution in [0.4, 0.5) is 5.69 Å². The fourth-order valence-corrected chi connectivity index (χ4v) is 2.75. The van der Waals surface area contributed by atoms with Crippen LogP contribution in [0.5, 0.6) is 0 Å². The fraction of sp³-hybridized carbons (Fsp3) is 0.333. The van der Waals surface area contributed by atoms with Crippen LogP contribution < -0.4 is 16.5 Å². The molecule has 1 aliphatic rings. The molecule has 6 heteroatoms. The van der Waals surface area contributed by atoms with Gasteiger partial charge in [-0.05, 0) is 12.1 Å². The smallest absolute Gasteiger partial charge is 0.259 e. The Morgan fingerprint density at radius 1 is 1.29 bits per heavy atom. The maximum Gasteiger partial charge on any atom is 0.259 e. The van der Waals surface area contributed by atoms with E-state index in [4.69, 9.17) is 5.73 Å². The normalized spacial score (nSPS) is 15.4. The van der Waals surface area contributed by atoms with Crippen molar-refractivity contribution in [3.05, 3.63) is 40.2 Å². The molecule has 3 rings (SSSR count). The number of rotatable bonds is 1. The molecule has 0 spiro atoms. The second-order valence-electron chi connectivity index (χ2n) is 5.27. The van der Waals surface area contributed by atoms with Crippen LogP contribution >= 0.6 is 0 Å². The summed E-state index contributed by atoms with van der Waals surface area (Å²) in [6, 6.07) is 5.31. The predicted octanol–water partition coefficient (Wildman–Crippen LogP) is 0.166. The molecule has 1 fully saturated rings. The lowest BCUT2D eigenvalue weighted by Crippen LogP contribution is -2.47. The molecule has 0 atom stereocenters. The summed E-state index contributed by atoms with van der Waals surface area (Å²) in [6.45, 7) is 2.73. The van der Waals surface area contributed by atoms with E-state index in [0.717, 1.165) is 18.6 Å². The second kappa shape index (κ2) is 5.21. The number of nitrogens with zero attached hydrogens (tertiary/aromatic N) is 2. The highest BCUT2D eigenvalue weighted by atomic mass is 16.2. The first-order chi connectivity index (χ1) is 10.1. The van der Waals surface area contributed by atoms with Gasteiger partial charge in [0.15, 0.2) is 0 Å². The van der Waals surface area contributed by atoms with Crippen molar-refractivity contribution in [2.24, 2.45) is 7.05 Å². The van der Waals surface area contributed by atoms with Crippen LogP contribution in [0.1, 0.15) is 10.4 Å². The standard InChI is InChI=1S/C15H18N4O2/c1-18-9-10(15(21)19-7-5-17-6-8-19)14(20)13-11(16)3-2-4-12(13)18/h2-4,9,17H,5-8,16H2,1H3. The van der Waals surface area contributed by atoms with Crippen molar-refractivity contribution in [1.29, 1.82) is 0 Å². The summed E-state index contributed by atoms with van der Waals surface area (Å²) in [5, 5.41) is 3.61. The largest absolute Gasteiger partial charge is 0.398 e. The van der Waals surface area contributed by atoms with Gasteiger partial charge in [0.25, 0.3) is 5.91 Å². The minimum atomic E-state index is -0.287. The van der Waals surface area contributed by atoms with Crippen LogP contribution in [0, 0.1) is 0 Å². The maximum atomic E-state index is 12.6. The molecule has 110 valence electrons. The highest BCUT2D eigenvalue weighted by Crippen LogP contribution is 2.18. The topological polar surface area (TPSA) is 80.4 Å². The Morgan fingerprint density at radius 3 is 2.71 bits per heavy atom. The maximum absolute atomic E-state index is 12.6. The Morgan fingerprint density at radius 2 is 2.00 bits per heavy atom. The number of carbonyl (C=O) groups excluding carboxylic acids is 1. The van der Waals surface area contributed by atoms with Crippen LogP contribution in [0.15, 0.2) is 29.2 Å². The molecule has 1 aliphatic heterocycles. The van der Waals surface area contributed by atoms with Gasteiger partial charge in [0.2, 0.25) is 5.43 Å². The number of hydrogen-bond donors (Lipinski definition) is 2. The van der Waals surface area contributed by atoms with Crippen molar-refractivity contribution in [3.63, 3.8) is 0 Å². The molecule has 0 unspecified atom stereocenters. The van der Waals surface area contributed by atoms with Crippen molar-refractivity contribution in [1.82, 2.24) is 14.8 Å². The van der Waals surface area contributed by atoms with Gasteiger partial charge in [0, 0.05) is 45.1 Å². The van der Waals surface area contributed by atoms with E-state index in [-0.39, 0.29) is 16.9 Å². The molecule has 0 radical (unpaired) electrons. The molecule has 1 amide bonds. The van der Waals surface area contributed by atoms with Gasteiger partial charge in [-0.3, -0.25) is 9.59 Å². The lowest BCUT2D eigenvalue weighted by molar-refractivity contribution is 0.0734. The number of aromatic nitrogens is 1. The summed E-state index contributed by atoms with van der Waals surface area (Å²) in [6.07, 6.45) is 1.61. The molecule has 2 aromatic rings. The summed E-state index contributed by atoms with van der Waals surface area (Å²) in [5.74, 6) is -0.220. The number of nitrogen functional groups attached to an aromatic ring is 1. The minimum absolute atomic E-state index is 0.185. The van der Waals surface area contributed by atoms with E-state index < -0.39 is 0 Å². The third-order valence-corrected chi connectivity index (χ3v) is 3.88. The van der Waals surface area contributed by atoms with Gasteiger partial charge in [0.05, 0.1) is 10.9 Å². The number of benzene rings is 1. The van der Waals surface area contributed by atoms with Crippen molar-refractivity contribution in [2.75, 3.05) is 31.9 Å². The van der Waals surface area contributed by atoms with E-state index in [1.54, 1.807) is 27.8 Å². The van der Waals surface area contributed by atoms with Gasteiger partial charge in [-0.25, -0.2) is 0 Å². The van der Waals surface area contributed by atoms with E-state index in [1.807, 2.05) is 13.1 Å². The molecule has 3 N–H and O–H groups in total. The summed E-state index contributed by atoms with van der Waals surface area (Å²) in [7, 11) is 1.82. The van der Waals surface area contributed by atoms with Crippen molar-refractivity contribution < 1.29 is 4.79 Å². The first kappa shape index (κ1) is 13.6. The minimum Gasteiger partial charge on any atom is -0.398 e. The van der Waals surface area contributed by atoms with E-state index in [2.05, 4.69) is 5.32 Å². The zero-order valence-corrected chi connectivity index (χ0v) is 11.9. The number of anilines is 1. The van der Waals surface area contributed by atoms with Crippen molar-refractivity contribution >= 4 is 22.5 Å².